The molecule has 0 amide bonds. The van der Waals surface area contributed by atoms with Gasteiger partial charge in [0.25, 0.3) is 0 Å². The number of carbonyl (C=O) groups is 2. The van der Waals surface area contributed by atoms with Crippen LogP contribution in [0.25, 0.3) is 16.8 Å². The normalized spacial score (nSPS) is 11.0. The van der Waals surface area contributed by atoms with Crippen molar-refractivity contribution in [2.75, 3.05) is 14.2 Å². The van der Waals surface area contributed by atoms with Gasteiger partial charge >= 0.3 is 11.9 Å². The van der Waals surface area contributed by atoms with Crippen LogP contribution in [0.15, 0.2) is 60.7 Å². The number of esters is 1. The summed E-state index contributed by atoms with van der Waals surface area (Å²) in [4.78, 5) is 22.5. The molecule has 0 saturated carbocycles. The number of hydrogen-bond donors (Lipinski definition) is 1. The third-order valence-electron chi connectivity index (χ3n) is 4.69. The smallest absolute Gasteiger partial charge is 0.337 e. The molecule has 0 aliphatic rings. The van der Waals surface area contributed by atoms with E-state index in [0.29, 0.717) is 17.7 Å². The van der Waals surface area contributed by atoms with Gasteiger partial charge in [0.2, 0.25) is 0 Å². The van der Waals surface area contributed by atoms with Crippen LogP contribution in [-0.2, 0) is 16.0 Å². The van der Waals surface area contributed by atoms with Gasteiger partial charge in [0.1, 0.15) is 5.75 Å². The maximum absolute atomic E-state index is 11.8. The van der Waals surface area contributed by atoms with E-state index in [1.54, 1.807) is 25.3 Å². The number of ether oxygens (including phenoxy) is 2. The Balaban J connectivity index is 1.96. The van der Waals surface area contributed by atoms with Gasteiger partial charge in [-0.1, -0.05) is 48.6 Å². The number of benzene rings is 3. The summed E-state index contributed by atoms with van der Waals surface area (Å²) in [7, 11) is 2.93. The summed E-state index contributed by atoms with van der Waals surface area (Å²) in [6, 6.07) is 17.4. The molecular formula is C24H22O5. The summed E-state index contributed by atoms with van der Waals surface area (Å²) in [6.07, 6.45) is 4.07. The summed E-state index contributed by atoms with van der Waals surface area (Å²) < 4.78 is 10.3. The van der Waals surface area contributed by atoms with E-state index >= 15 is 0 Å². The minimum Gasteiger partial charge on any atom is -0.496 e. The number of methoxy groups -OCH3 is 2. The molecule has 0 atom stereocenters. The highest BCUT2D eigenvalue weighted by atomic mass is 16.5. The zero-order chi connectivity index (χ0) is 20.8. The fourth-order valence-corrected chi connectivity index (χ4v) is 3.25. The molecule has 3 rings (SSSR count). The molecule has 5 heteroatoms. The van der Waals surface area contributed by atoms with Gasteiger partial charge in [0.15, 0.2) is 0 Å². The average molecular weight is 390 g/mol. The highest BCUT2D eigenvalue weighted by molar-refractivity contribution is 5.90. The Morgan fingerprint density at radius 1 is 1.00 bits per heavy atom. The van der Waals surface area contributed by atoms with Crippen molar-refractivity contribution in [1.29, 1.82) is 0 Å². The largest absolute Gasteiger partial charge is 0.496 e. The highest BCUT2D eigenvalue weighted by Gasteiger charge is 2.12. The van der Waals surface area contributed by atoms with E-state index in [4.69, 9.17) is 14.6 Å². The first kappa shape index (κ1) is 20.1. The maximum Gasteiger partial charge on any atom is 0.337 e. The van der Waals surface area contributed by atoms with Crippen molar-refractivity contribution in [1.82, 2.24) is 0 Å². The van der Waals surface area contributed by atoms with Crippen molar-refractivity contribution in [2.24, 2.45) is 0 Å². The molecule has 0 bridgehead atoms. The number of carboxylic acid groups (broad SMARTS) is 1. The van der Waals surface area contributed by atoms with E-state index in [0.717, 1.165) is 27.5 Å². The molecule has 5 nitrogen and oxygen atoms in total. The van der Waals surface area contributed by atoms with Crippen LogP contribution in [0.2, 0.25) is 0 Å². The zero-order valence-electron chi connectivity index (χ0n) is 16.3. The molecule has 3 aromatic carbocycles. The first-order valence-corrected chi connectivity index (χ1v) is 9.17. The van der Waals surface area contributed by atoms with Gasteiger partial charge in [-0.25, -0.2) is 4.79 Å². The van der Waals surface area contributed by atoms with Crippen LogP contribution in [0.5, 0.6) is 5.75 Å². The second-order valence-electron chi connectivity index (χ2n) is 6.59. The molecule has 0 radical (unpaired) electrons. The Labute approximate surface area is 169 Å². The first-order chi connectivity index (χ1) is 14.0. The Kier molecular flexibility index (Phi) is 6.29. The summed E-state index contributed by atoms with van der Waals surface area (Å²) in [5, 5.41) is 11.0. The molecule has 0 aromatic heterocycles. The van der Waals surface area contributed by atoms with Crippen LogP contribution in [-0.4, -0.2) is 31.3 Å². The molecule has 0 saturated heterocycles. The monoisotopic (exact) mass is 390 g/mol. The third-order valence-corrected chi connectivity index (χ3v) is 4.69. The predicted octanol–water partition coefficient (Wildman–Crippen LogP) is 4.71. The Morgan fingerprint density at radius 3 is 2.55 bits per heavy atom. The third kappa shape index (κ3) is 4.82. The SMILES string of the molecule is COC(=O)c1ccc(Cc2cccc3ccc(C=CCC(=O)O)cc23)c(OC)c1. The number of aliphatic carboxylic acids is 1. The van der Waals surface area contributed by atoms with Crippen LogP contribution in [0.3, 0.4) is 0 Å². The molecule has 3 aromatic rings. The number of rotatable bonds is 7. The summed E-state index contributed by atoms with van der Waals surface area (Å²) in [5.74, 6) is -0.634. The van der Waals surface area contributed by atoms with Gasteiger partial charge in [0, 0.05) is 6.42 Å². The lowest BCUT2D eigenvalue weighted by Crippen LogP contribution is -2.03. The lowest BCUT2D eigenvalue weighted by atomic mass is 9.96. The first-order valence-electron chi connectivity index (χ1n) is 9.17. The Bertz CT molecular complexity index is 1080. The molecule has 0 fully saturated rings. The molecule has 0 aliphatic heterocycles. The zero-order valence-corrected chi connectivity index (χ0v) is 16.3. The van der Waals surface area contributed by atoms with E-state index in [-0.39, 0.29) is 6.42 Å². The van der Waals surface area contributed by atoms with E-state index in [9.17, 15) is 9.59 Å². The van der Waals surface area contributed by atoms with Crippen molar-refractivity contribution in [2.45, 2.75) is 12.8 Å². The topological polar surface area (TPSA) is 72.8 Å². The fraction of sp³-hybridized carbons (Fsp3) is 0.167. The number of fused-ring (bicyclic) bond motifs is 1. The van der Waals surface area contributed by atoms with Crippen molar-refractivity contribution < 1.29 is 24.2 Å². The minimum absolute atomic E-state index is 0.0105. The van der Waals surface area contributed by atoms with Gasteiger partial charge in [-0.05, 0) is 45.7 Å². The molecule has 29 heavy (non-hydrogen) atoms. The van der Waals surface area contributed by atoms with Crippen LogP contribution in [0.1, 0.15) is 33.5 Å². The lowest BCUT2D eigenvalue weighted by molar-refractivity contribution is -0.135. The minimum atomic E-state index is -0.856. The van der Waals surface area contributed by atoms with Crippen LogP contribution in [0.4, 0.5) is 0 Å². The van der Waals surface area contributed by atoms with Crippen LogP contribution in [0, 0.1) is 0 Å². The number of carbonyl (C=O) groups excluding carboxylic acids is 1. The molecule has 0 unspecified atom stereocenters. The molecule has 0 heterocycles. The summed E-state index contributed by atoms with van der Waals surface area (Å²) >= 11 is 0. The molecule has 148 valence electrons. The van der Waals surface area contributed by atoms with Gasteiger partial charge < -0.3 is 14.6 Å². The van der Waals surface area contributed by atoms with Crippen molar-refractivity contribution in [3.63, 3.8) is 0 Å². The van der Waals surface area contributed by atoms with Gasteiger partial charge in [-0.3, -0.25) is 4.79 Å². The fourth-order valence-electron chi connectivity index (χ4n) is 3.25. The molecule has 0 spiro atoms. The van der Waals surface area contributed by atoms with Gasteiger partial charge in [-0.15, -0.1) is 0 Å². The van der Waals surface area contributed by atoms with E-state index < -0.39 is 11.9 Å². The van der Waals surface area contributed by atoms with Crippen LogP contribution < -0.4 is 4.74 Å². The molecular weight excluding hydrogens is 368 g/mol. The van der Waals surface area contributed by atoms with Crippen molar-refractivity contribution in [3.8, 4) is 5.75 Å². The van der Waals surface area contributed by atoms with Crippen molar-refractivity contribution in [3.05, 3.63) is 82.9 Å². The summed E-state index contributed by atoms with van der Waals surface area (Å²) in [6.45, 7) is 0. The van der Waals surface area contributed by atoms with Crippen molar-refractivity contribution >= 4 is 28.8 Å². The Morgan fingerprint density at radius 2 is 1.83 bits per heavy atom. The highest BCUT2D eigenvalue weighted by Crippen LogP contribution is 2.28. The van der Waals surface area contributed by atoms with E-state index in [2.05, 4.69) is 12.1 Å². The maximum atomic E-state index is 11.8. The van der Waals surface area contributed by atoms with E-state index in [1.165, 1.54) is 7.11 Å². The summed E-state index contributed by atoms with van der Waals surface area (Å²) in [5.41, 5.74) is 3.45. The van der Waals surface area contributed by atoms with Crippen LogP contribution >= 0.6 is 0 Å². The standard InChI is InChI=1S/C24H22O5/c1-28-22-15-20(24(27)29-2)12-11-19(22)14-18-7-4-6-17-10-9-16(13-21(17)18)5-3-8-23(25)26/h3-7,9-13,15H,8,14H2,1-2H3,(H,25,26). The molecule has 1 N–H and O–H groups in total. The molecule has 0 aliphatic carbocycles. The van der Waals surface area contributed by atoms with E-state index in [1.807, 2.05) is 36.4 Å². The average Bonchev–Trinajstić information content (AvgIpc) is 2.73. The second-order valence-corrected chi connectivity index (χ2v) is 6.59. The predicted molar refractivity (Wildman–Crippen MR) is 112 cm³/mol. The Hall–Kier alpha value is -3.60. The lowest BCUT2D eigenvalue weighted by Gasteiger charge is -2.12. The van der Waals surface area contributed by atoms with Gasteiger partial charge in [-0.2, -0.15) is 0 Å². The second kappa shape index (κ2) is 9.06. The van der Waals surface area contributed by atoms with Gasteiger partial charge in [0.05, 0.1) is 26.2 Å². The number of carboxylic acids is 1. The number of hydrogen-bond acceptors (Lipinski definition) is 4. The quantitative estimate of drug-likeness (QED) is 0.591.